The lowest BCUT2D eigenvalue weighted by Crippen LogP contribution is -2.63. The number of para-hydroxylation sites is 1. The molecule has 1 spiro atoms. The van der Waals surface area contributed by atoms with Gasteiger partial charge in [-0.05, 0) is 53.7 Å². The van der Waals surface area contributed by atoms with Crippen LogP contribution in [0.1, 0.15) is 41.5 Å². The molecule has 0 radical (unpaired) electrons. The van der Waals surface area contributed by atoms with Crippen LogP contribution in [0.15, 0.2) is 121 Å². The van der Waals surface area contributed by atoms with E-state index in [1.807, 2.05) is 114 Å². The number of amides is 2. The van der Waals surface area contributed by atoms with Gasteiger partial charge >= 0.3 is 0 Å². The third-order valence-electron chi connectivity index (χ3n) is 8.28. The molecule has 41 heavy (non-hydrogen) atoms. The molecule has 1 aliphatic carbocycles. The van der Waals surface area contributed by atoms with Crippen LogP contribution in [0.2, 0.25) is 0 Å². The Bertz CT molecular complexity index is 1520. The fourth-order valence-corrected chi connectivity index (χ4v) is 6.35. The molecule has 6 rings (SSSR count). The molecular weight excluding hydrogens is 508 g/mol. The van der Waals surface area contributed by atoms with Crippen molar-refractivity contribution in [1.82, 2.24) is 5.32 Å². The van der Waals surface area contributed by atoms with Crippen molar-refractivity contribution >= 4 is 23.6 Å². The predicted octanol–water partition coefficient (Wildman–Crippen LogP) is 6.44. The molecule has 1 aliphatic heterocycles. The summed E-state index contributed by atoms with van der Waals surface area (Å²) in [6, 6.07) is 37.3. The molecule has 5 nitrogen and oxygen atoms in total. The second-order valence-electron chi connectivity index (χ2n) is 10.8. The van der Waals surface area contributed by atoms with Gasteiger partial charge in [-0.2, -0.15) is 0 Å². The molecule has 206 valence electrons. The van der Waals surface area contributed by atoms with Gasteiger partial charge in [-0.15, -0.1) is 0 Å². The van der Waals surface area contributed by atoms with Crippen molar-refractivity contribution in [2.75, 3.05) is 4.90 Å². The predicted molar refractivity (Wildman–Crippen MR) is 162 cm³/mol. The third-order valence-corrected chi connectivity index (χ3v) is 8.28. The van der Waals surface area contributed by atoms with E-state index in [1.54, 1.807) is 12.2 Å². The number of hydrogen-bond acceptors (Lipinski definition) is 3. The zero-order valence-electron chi connectivity index (χ0n) is 23.0. The van der Waals surface area contributed by atoms with Crippen molar-refractivity contribution in [1.29, 1.82) is 0 Å². The Hall–Kier alpha value is -4.48. The van der Waals surface area contributed by atoms with Crippen molar-refractivity contribution in [3.63, 3.8) is 0 Å². The highest BCUT2D eigenvalue weighted by atomic mass is 16.5. The summed E-state index contributed by atoms with van der Waals surface area (Å²) in [5.41, 5.74) is 4.02. The van der Waals surface area contributed by atoms with Crippen LogP contribution in [-0.2, 0) is 32.9 Å². The number of rotatable bonds is 8. The molecule has 0 aromatic heterocycles. The molecule has 0 bridgehead atoms. The Labute approximate surface area is 241 Å². The lowest BCUT2D eigenvalue weighted by molar-refractivity contribution is -0.132. The minimum absolute atomic E-state index is 0.0212. The summed E-state index contributed by atoms with van der Waals surface area (Å²) in [6.45, 7) is 0.889. The van der Waals surface area contributed by atoms with Crippen molar-refractivity contribution in [3.05, 3.63) is 144 Å². The maximum atomic E-state index is 14.6. The number of benzene rings is 4. The molecule has 4 aromatic rings. The van der Waals surface area contributed by atoms with Crippen molar-refractivity contribution in [2.24, 2.45) is 0 Å². The Morgan fingerprint density at radius 3 is 2.22 bits per heavy atom. The minimum Gasteiger partial charge on any atom is -0.371 e. The summed E-state index contributed by atoms with van der Waals surface area (Å²) in [6.07, 6.45) is 5.26. The van der Waals surface area contributed by atoms with Crippen LogP contribution in [-0.4, -0.2) is 24.0 Å². The van der Waals surface area contributed by atoms with Gasteiger partial charge in [-0.1, -0.05) is 109 Å². The molecule has 2 amide bonds. The SMILES string of the molecule is O=C(/C=C/c1ccccc1)N[C@H]1[C@H](OCc2ccccc2)CCC[C@@]12C(=O)N(Cc1ccccc1)c1ccccc12. The molecule has 4 aromatic carbocycles. The summed E-state index contributed by atoms with van der Waals surface area (Å²) >= 11 is 0. The van der Waals surface area contributed by atoms with Crippen molar-refractivity contribution in [2.45, 2.75) is 50.0 Å². The van der Waals surface area contributed by atoms with Crippen LogP contribution >= 0.6 is 0 Å². The van der Waals surface area contributed by atoms with E-state index in [1.165, 1.54) is 0 Å². The van der Waals surface area contributed by atoms with Crippen LogP contribution < -0.4 is 10.2 Å². The van der Waals surface area contributed by atoms with Gasteiger partial charge in [-0.25, -0.2) is 0 Å². The Balaban J connectivity index is 1.36. The third kappa shape index (κ3) is 5.46. The van der Waals surface area contributed by atoms with Gasteiger partial charge in [0.15, 0.2) is 0 Å². The van der Waals surface area contributed by atoms with E-state index in [0.29, 0.717) is 19.6 Å². The monoisotopic (exact) mass is 542 g/mol. The van der Waals surface area contributed by atoms with Gasteiger partial charge in [0.1, 0.15) is 0 Å². The standard InChI is InChI=1S/C36H34N2O3/c39-33(23-22-27-13-4-1-5-14-27)37-34-32(41-26-29-17-8-3-9-18-29)21-12-24-36(34)30-19-10-11-20-31(30)38(35(36)40)25-28-15-6-2-7-16-28/h1-11,13-20,22-23,32,34H,12,21,24-26H2,(H,37,39)/b23-22+/t32-,34+,36+/m1/s1. The minimum atomic E-state index is -0.915. The van der Waals surface area contributed by atoms with E-state index in [4.69, 9.17) is 4.74 Å². The molecule has 3 atom stereocenters. The van der Waals surface area contributed by atoms with E-state index in [9.17, 15) is 9.59 Å². The first-order chi connectivity index (χ1) is 20.1. The number of carbonyl (C=O) groups is 2. The molecule has 2 aliphatic rings. The largest absolute Gasteiger partial charge is 0.371 e. The number of fused-ring (bicyclic) bond motifs is 2. The molecule has 1 heterocycles. The number of hydrogen-bond donors (Lipinski definition) is 1. The molecular formula is C36H34N2O3. The van der Waals surface area contributed by atoms with E-state index in [-0.39, 0.29) is 17.9 Å². The van der Waals surface area contributed by atoms with Crippen LogP contribution in [0.4, 0.5) is 5.69 Å². The van der Waals surface area contributed by atoms with Gasteiger partial charge in [0, 0.05) is 11.8 Å². The second-order valence-corrected chi connectivity index (χ2v) is 10.8. The van der Waals surface area contributed by atoms with Crippen LogP contribution in [0.25, 0.3) is 6.08 Å². The normalized spacial score (nSPS) is 21.8. The lowest BCUT2D eigenvalue weighted by atomic mass is 9.65. The Kier molecular flexibility index (Phi) is 7.79. The molecule has 0 unspecified atom stereocenters. The number of nitrogens with one attached hydrogen (secondary N) is 1. The van der Waals surface area contributed by atoms with Crippen molar-refractivity contribution < 1.29 is 14.3 Å². The van der Waals surface area contributed by atoms with Gasteiger partial charge in [0.25, 0.3) is 0 Å². The second kappa shape index (κ2) is 11.9. The maximum Gasteiger partial charge on any atom is 0.244 e. The molecule has 1 N–H and O–H groups in total. The average molecular weight is 543 g/mol. The summed E-state index contributed by atoms with van der Waals surface area (Å²) in [7, 11) is 0. The van der Waals surface area contributed by atoms with Crippen molar-refractivity contribution in [3.8, 4) is 0 Å². The highest BCUT2D eigenvalue weighted by Crippen LogP contribution is 2.51. The molecule has 1 saturated carbocycles. The fraction of sp³-hybridized carbons (Fsp3) is 0.222. The summed E-state index contributed by atoms with van der Waals surface area (Å²) in [4.78, 5) is 30.0. The van der Waals surface area contributed by atoms with Gasteiger partial charge in [0.2, 0.25) is 11.8 Å². The molecule has 0 saturated heterocycles. The van der Waals surface area contributed by atoms with E-state index < -0.39 is 11.5 Å². The summed E-state index contributed by atoms with van der Waals surface area (Å²) in [5, 5.41) is 3.27. The number of carbonyl (C=O) groups excluding carboxylic acids is 2. The highest BCUT2D eigenvalue weighted by molar-refractivity contribution is 6.09. The number of anilines is 1. The van der Waals surface area contributed by atoms with Gasteiger partial charge in [0.05, 0.1) is 30.7 Å². The van der Waals surface area contributed by atoms with Crippen LogP contribution in [0.5, 0.6) is 0 Å². The molecule has 1 fully saturated rings. The van der Waals surface area contributed by atoms with E-state index in [2.05, 4.69) is 11.4 Å². The van der Waals surface area contributed by atoms with Gasteiger partial charge in [-0.3, -0.25) is 9.59 Å². The number of ether oxygens (including phenoxy) is 1. The molecule has 5 heteroatoms. The maximum absolute atomic E-state index is 14.6. The zero-order chi connectivity index (χ0) is 28.1. The quantitative estimate of drug-likeness (QED) is 0.261. The highest BCUT2D eigenvalue weighted by Gasteiger charge is 2.59. The Morgan fingerprint density at radius 2 is 1.49 bits per heavy atom. The van der Waals surface area contributed by atoms with Crippen LogP contribution in [0.3, 0.4) is 0 Å². The van der Waals surface area contributed by atoms with Gasteiger partial charge < -0.3 is 15.0 Å². The van der Waals surface area contributed by atoms with Crippen LogP contribution in [0, 0.1) is 0 Å². The first-order valence-electron chi connectivity index (χ1n) is 14.3. The first kappa shape index (κ1) is 26.7. The Morgan fingerprint density at radius 1 is 0.854 bits per heavy atom. The van der Waals surface area contributed by atoms with E-state index in [0.717, 1.165) is 40.8 Å². The summed E-state index contributed by atoms with van der Waals surface area (Å²) < 4.78 is 6.54. The number of nitrogens with zero attached hydrogens (tertiary/aromatic N) is 1. The topological polar surface area (TPSA) is 58.6 Å². The van der Waals surface area contributed by atoms with E-state index >= 15 is 0 Å². The lowest BCUT2D eigenvalue weighted by Gasteiger charge is -2.45. The first-order valence-corrected chi connectivity index (χ1v) is 14.3. The zero-order valence-corrected chi connectivity index (χ0v) is 23.0. The fourth-order valence-electron chi connectivity index (χ4n) is 6.35. The average Bonchev–Trinajstić information content (AvgIpc) is 3.25. The smallest absolute Gasteiger partial charge is 0.244 e. The summed E-state index contributed by atoms with van der Waals surface area (Å²) in [5.74, 6) is -0.215.